The molecule has 0 spiro atoms. The molecule has 0 radical (unpaired) electrons. The van der Waals surface area contributed by atoms with E-state index in [9.17, 15) is 9.90 Å². The van der Waals surface area contributed by atoms with Gasteiger partial charge >= 0.3 is 0 Å². The maximum absolute atomic E-state index is 11.6. The van der Waals surface area contributed by atoms with Gasteiger partial charge in [-0.05, 0) is 11.8 Å². The zero-order valence-corrected chi connectivity index (χ0v) is 9.44. The van der Waals surface area contributed by atoms with Gasteiger partial charge in [-0.1, -0.05) is 0 Å². The third-order valence-corrected chi connectivity index (χ3v) is 3.62. The number of hydrogen-bond donors (Lipinski definition) is 3. The summed E-state index contributed by atoms with van der Waals surface area (Å²) in [4.78, 5) is 13.1. The van der Waals surface area contributed by atoms with E-state index in [2.05, 4.69) is 0 Å². The molecule has 2 aliphatic heterocycles. The van der Waals surface area contributed by atoms with Gasteiger partial charge < -0.3 is 19.8 Å². The SMILES string of the molecule is N=C1CCN([C@H]2C[C@H](O)[C@@H](CO)O2)C(=O)S1. The molecule has 3 atom stereocenters. The monoisotopic (exact) mass is 246 g/mol. The van der Waals surface area contributed by atoms with Crippen molar-refractivity contribution in [2.75, 3.05) is 13.2 Å². The van der Waals surface area contributed by atoms with Crippen LogP contribution < -0.4 is 0 Å². The number of amides is 1. The summed E-state index contributed by atoms with van der Waals surface area (Å²) in [6.45, 7) is 0.197. The quantitative estimate of drug-likeness (QED) is 0.637. The van der Waals surface area contributed by atoms with Crippen LogP contribution in [0.5, 0.6) is 0 Å². The Balaban J connectivity index is 1.98. The second-order valence-corrected chi connectivity index (χ2v) is 4.90. The largest absolute Gasteiger partial charge is 0.394 e. The molecule has 3 N–H and O–H groups in total. The van der Waals surface area contributed by atoms with Crippen molar-refractivity contribution in [1.82, 2.24) is 4.90 Å². The Morgan fingerprint density at radius 1 is 1.62 bits per heavy atom. The molecule has 6 nitrogen and oxygen atoms in total. The van der Waals surface area contributed by atoms with Crippen LogP contribution in [-0.2, 0) is 4.74 Å². The van der Waals surface area contributed by atoms with Gasteiger partial charge in [-0.2, -0.15) is 0 Å². The van der Waals surface area contributed by atoms with E-state index < -0.39 is 18.4 Å². The van der Waals surface area contributed by atoms with Gasteiger partial charge in [-0.15, -0.1) is 0 Å². The van der Waals surface area contributed by atoms with Gasteiger partial charge in [0.2, 0.25) is 0 Å². The van der Waals surface area contributed by atoms with Crippen molar-refractivity contribution in [1.29, 1.82) is 5.41 Å². The van der Waals surface area contributed by atoms with E-state index in [-0.39, 0.29) is 11.8 Å². The molecule has 0 aromatic heterocycles. The molecule has 0 aromatic rings. The molecule has 0 unspecified atom stereocenters. The van der Waals surface area contributed by atoms with Crippen LogP contribution >= 0.6 is 11.8 Å². The van der Waals surface area contributed by atoms with Gasteiger partial charge in [0.1, 0.15) is 12.3 Å². The molecule has 2 saturated heterocycles. The molecule has 1 amide bonds. The molecule has 0 aliphatic carbocycles. The fraction of sp³-hybridized carbons (Fsp3) is 0.778. The van der Waals surface area contributed by atoms with Gasteiger partial charge in [0, 0.05) is 19.4 Å². The van der Waals surface area contributed by atoms with Gasteiger partial charge in [0.15, 0.2) is 0 Å². The smallest absolute Gasteiger partial charge is 0.289 e. The minimum absolute atomic E-state index is 0.216. The number of rotatable bonds is 2. The molecule has 0 aromatic carbocycles. The molecule has 0 saturated carbocycles. The van der Waals surface area contributed by atoms with Crippen LogP contribution in [0.3, 0.4) is 0 Å². The normalized spacial score (nSPS) is 35.9. The highest BCUT2D eigenvalue weighted by Gasteiger charge is 2.40. The highest BCUT2D eigenvalue weighted by molar-refractivity contribution is 8.26. The molecule has 2 heterocycles. The summed E-state index contributed by atoms with van der Waals surface area (Å²) < 4.78 is 5.39. The topological polar surface area (TPSA) is 93.9 Å². The number of nitrogens with one attached hydrogen (secondary N) is 1. The van der Waals surface area contributed by atoms with Crippen LogP contribution in [0.4, 0.5) is 4.79 Å². The molecule has 7 heteroatoms. The first-order valence-electron chi connectivity index (χ1n) is 5.12. The van der Waals surface area contributed by atoms with Crippen molar-refractivity contribution in [3.05, 3.63) is 0 Å². The van der Waals surface area contributed by atoms with Crippen LogP contribution in [0.2, 0.25) is 0 Å². The average molecular weight is 246 g/mol. The van der Waals surface area contributed by atoms with Crippen molar-refractivity contribution in [2.24, 2.45) is 0 Å². The number of aliphatic hydroxyl groups excluding tert-OH is 2. The van der Waals surface area contributed by atoms with Gasteiger partial charge in [0.25, 0.3) is 5.24 Å². The average Bonchev–Trinajstić information content (AvgIpc) is 2.59. The van der Waals surface area contributed by atoms with Gasteiger partial charge in [0.05, 0.1) is 17.8 Å². The second kappa shape index (κ2) is 4.70. The fourth-order valence-corrected chi connectivity index (χ4v) is 2.59. The molecule has 2 aliphatic rings. The Morgan fingerprint density at radius 3 is 2.94 bits per heavy atom. The summed E-state index contributed by atoms with van der Waals surface area (Å²) in [7, 11) is 0. The zero-order chi connectivity index (χ0) is 11.7. The van der Waals surface area contributed by atoms with Crippen molar-refractivity contribution < 1.29 is 19.7 Å². The van der Waals surface area contributed by atoms with Crippen molar-refractivity contribution in [3.63, 3.8) is 0 Å². The fourth-order valence-electron chi connectivity index (χ4n) is 1.86. The highest BCUT2D eigenvalue weighted by Crippen LogP contribution is 2.29. The lowest BCUT2D eigenvalue weighted by Gasteiger charge is -2.31. The van der Waals surface area contributed by atoms with Crippen molar-refractivity contribution >= 4 is 22.0 Å². The number of hydrogen-bond acceptors (Lipinski definition) is 6. The third kappa shape index (κ3) is 2.22. The number of ether oxygens (including phenoxy) is 1. The molecule has 2 fully saturated rings. The summed E-state index contributed by atoms with van der Waals surface area (Å²) in [5.74, 6) is 0. The standard InChI is InChI=1S/C9H14N2O4S/c10-7-1-2-11(9(14)16-7)8-3-5(13)6(4-12)15-8/h5-6,8,10,12-13H,1-4H2/t5-,6+,8+/m0/s1. The van der Waals surface area contributed by atoms with E-state index in [0.29, 0.717) is 24.4 Å². The lowest BCUT2D eigenvalue weighted by molar-refractivity contribution is -0.0609. The number of carbonyl (C=O) groups excluding carboxylic acids is 1. The lowest BCUT2D eigenvalue weighted by Crippen LogP contribution is -2.42. The Hall–Kier alpha value is -0.630. The molecule has 16 heavy (non-hydrogen) atoms. The number of carbonyl (C=O) groups is 1. The van der Waals surface area contributed by atoms with E-state index in [0.717, 1.165) is 11.8 Å². The summed E-state index contributed by atoms with van der Waals surface area (Å²) in [5, 5.41) is 26.0. The molecule has 90 valence electrons. The Bertz CT molecular complexity index is 312. The minimum Gasteiger partial charge on any atom is -0.394 e. The maximum atomic E-state index is 11.6. The Kier molecular flexibility index (Phi) is 3.48. The van der Waals surface area contributed by atoms with E-state index in [1.165, 1.54) is 4.90 Å². The van der Waals surface area contributed by atoms with Crippen LogP contribution in [0.25, 0.3) is 0 Å². The zero-order valence-electron chi connectivity index (χ0n) is 8.63. The Morgan fingerprint density at radius 2 is 2.38 bits per heavy atom. The third-order valence-electron chi connectivity index (χ3n) is 2.76. The van der Waals surface area contributed by atoms with E-state index in [4.69, 9.17) is 15.3 Å². The first kappa shape index (κ1) is 11.8. The van der Waals surface area contributed by atoms with Crippen LogP contribution in [0, 0.1) is 5.41 Å². The number of aliphatic hydroxyl groups is 2. The summed E-state index contributed by atoms with van der Waals surface area (Å²) in [6, 6.07) is 0. The molecular formula is C9H14N2O4S. The molecule has 2 rings (SSSR count). The predicted molar refractivity (Wildman–Crippen MR) is 58.4 cm³/mol. The van der Waals surface area contributed by atoms with E-state index >= 15 is 0 Å². The summed E-state index contributed by atoms with van der Waals surface area (Å²) in [6.07, 6.45) is -0.959. The van der Waals surface area contributed by atoms with Crippen LogP contribution in [0.1, 0.15) is 12.8 Å². The van der Waals surface area contributed by atoms with Gasteiger partial charge in [-0.3, -0.25) is 10.2 Å². The first-order chi connectivity index (χ1) is 7.61. The highest BCUT2D eigenvalue weighted by atomic mass is 32.2. The summed E-state index contributed by atoms with van der Waals surface area (Å²) >= 11 is 0.892. The minimum atomic E-state index is -0.728. The maximum Gasteiger partial charge on any atom is 0.289 e. The number of thioether (sulfide) groups is 1. The van der Waals surface area contributed by atoms with Crippen molar-refractivity contribution in [3.8, 4) is 0 Å². The van der Waals surface area contributed by atoms with Crippen LogP contribution in [-0.4, -0.2) is 57.0 Å². The molecule has 0 bridgehead atoms. The lowest BCUT2D eigenvalue weighted by atomic mass is 10.2. The Labute approximate surface area is 97.1 Å². The predicted octanol–water partition coefficient (Wildman–Crippen LogP) is -0.00923. The second-order valence-electron chi connectivity index (χ2n) is 3.85. The first-order valence-corrected chi connectivity index (χ1v) is 5.93. The van der Waals surface area contributed by atoms with Crippen LogP contribution in [0.15, 0.2) is 0 Å². The van der Waals surface area contributed by atoms with E-state index in [1.54, 1.807) is 0 Å². The van der Waals surface area contributed by atoms with E-state index in [1.807, 2.05) is 0 Å². The molecular weight excluding hydrogens is 232 g/mol. The summed E-state index contributed by atoms with van der Waals surface area (Å²) in [5.41, 5.74) is 0. The van der Waals surface area contributed by atoms with Gasteiger partial charge in [-0.25, -0.2) is 0 Å². The number of nitrogens with zero attached hydrogens (tertiary/aromatic N) is 1. The van der Waals surface area contributed by atoms with Crippen molar-refractivity contribution in [2.45, 2.75) is 31.3 Å².